The Kier molecular flexibility index (Phi) is 3.14. The third kappa shape index (κ3) is 2.48. The van der Waals surface area contributed by atoms with Gasteiger partial charge in [-0.1, -0.05) is 29.8 Å². The van der Waals surface area contributed by atoms with Crippen molar-refractivity contribution in [1.82, 2.24) is 0 Å². The summed E-state index contributed by atoms with van der Waals surface area (Å²) in [6, 6.07) is 13.6. The van der Waals surface area contributed by atoms with E-state index in [-0.39, 0.29) is 5.54 Å². The van der Waals surface area contributed by atoms with Gasteiger partial charge in [0.05, 0.1) is 0 Å². The number of phenols is 1. The topological polar surface area (TPSA) is 32.3 Å². The summed E-state index contributed by atoms with van der Waals surface area (Å²) >= 11 is 5.98. The van der Waals surface area contributed by atoms with Crippen LogP contribution in [0.1, 0.15) is 37.3 Å². The van der Waals surface area contributed by atoms with Gasteiger partial charge in [-0.3, -0.25) is 0 Å². The van der Waals surface area contributed by atoms with E-state index in [9.17, 15) is 5.11 Å². The molecule has 0 radical (unpaired) electrons. The van der Waals surface area contributed by atoms with E-state index < -0.39 is 0 Å². The fourth-order valence-electron chi connectivity index (χ4n) is 2.98. The third-order valence-electron chi connectivity index (χ3n) is 3.87. The summed E-state index contributed by atoms with van der Waals surface area (Å²) in [7, 11) is 0. The van der Waals surface area contributed by atoms with Gasteiger partial charge in [0.2, 0.25) is 0 Å². The Balaban J connectivity index is 2.09. The summed E-state index contributed by atoms with van der Waals surface area (Å²) in [5, 5.41) is 14.0. The van der Waals surface area contributed by atoms with Crippen molar-refractivity contribution in [2.75, 3.05) is 5.32 Å². The van der Waals surface area contributed by atoms with Crippen LogP contribution < -0.4 is 5.32 Å². The Morgan fingerprint density at radius 3 is 2.55 bits per heavy atom. The fraction of sp³-hybridized carbons (Fsp3) is 0.294. The van der Waals surface area contributed by atoms with Crippen LogP contribution in [-0.4, -0.2) is 10.6 Å². The van der Waals surface area contributed by atoms with Crippen molar-refractivity contribution in [2.45, 2.75) is 31.7 Å². The molecule has 104 valence electrons. The Bertz CT molecular complexity index is 634. The van der Waals surface area contributed by atoms with Crippen molar-refractivity contribution in [2.24, 2.45) is 0 Å². The fourth-order valence-corrected chi connectivity index (χ4v) is 3.11. The minimum absolute atomic E-state index is 0.00883. The van der Waals surface area contributed by atoms with E-state index in [0.29, 0.717) is 11.7 Å². The molecule has 1 aliphatic rings. The zero-order valence-corrected chi connectivity index (χ0v) is 12.4. The number of hydrogen-bond donors (Lipinski definition) is 2. The molecule has 0 amide bonds. The van der Waals surface area contributed by atoms with Crippen molar-refractivity contribution < 1.29 is 5.11 Å². The molecule has 3 heteroatoms. The maximum atomic E-state index is 9.69. The smallest absolute Gasteiger partial charge is 0.117 e. The van der Waals surface area contributed by atoms with Gasteiger partial charge in [-0.25, -0.2) is 0 Å². The highest BCUT2D eigenvalue weighted by molar-refractivity contribution is 6.30. The van der Waals surface area contributed by atoms with E-state index in [1.54, 1.807) is 12.1 Å². The standard InChI is InChI=1S/C17H18ClNO/c1-17(2)10-15(11-3-5-12(18)6-4-11)14-8-7-13(20)9-16(14)19-17/h3-9,15,19-20H,10H2,1-2H3. The van der Waals surface area contributed by atoms with E-state index in [1.807, 2.05) is 18.2 Å². The number of hydrogen-bond acceptors (Lipinski definition) is 2. The maximum absolute atomic E-state index is 9.69. The lowest BCUT2D eigenvalue weighted by Gasteiger charge is -2.39. The predicted octanol–water partition coefficient (Wildman–Crippen LogP) is 4.77. The first-order chi connectivity index (χ1) is 9.44. The van der Waals surface area contributed by atoms with Gasteiger partial charge < -0.3 is 10.4 Å². The highest BCUT2D eigenvalue weighted by Gasteiger charge is 2.32. The van der Waals surface area contributed by atoms with Gasteiger partial charge in [0, 0.05) is 28.2 Å². The van der Waals surface area contributed by atoms with Gasteiger partial charge >= 0.3 is 0 Å². The monoisotopic (exact) mass is 287 g/mol. The number of benzene rings is 2. The average Bonchev–Trinajstić information content (AvgIpc) is 2.37. The molecule has 0 spiro atoms. The molecule has 3 rings (SSSR count). The van der Waals surface area contributed by atoms with Gasteiger partial charge in [0.1, 0.15) is 5.75 Å². The number of rotatable bonds is 1. The average molecular weight is 288 g/mol. The van der Waals surface area contributed by atoms with Crippen LogP contribution in [0.25, 0.3) is 0 Å². The second-order valence-corrected chi connectivity index (χ2v) is 6.53. The quantitative estimate of drug-likeness (QED) is 0.792. The molecule has 20 heavy (non-hydrogen) atoms. The molecule has 0 fully saturated rings. The lowest BCUT2D eigenvalue weighted by Crippen LogP contribution is -2.37. The Morgan fingerprint density at radius 1 is 1.15 bits per heavy atom. The SMILES string of the molecule is CC1(C)CC(c2ccc(Cl)cc2)c2ccc(O)cc2N1. The molecule has 2 nitrogen and oxygen atoms in total. The maximum Gasteiger partial charge on any atom is 0.117 e. The van der Waals surface area contributed by atoms with Gasteiger partial charge in [-0.2, -0.15) is 0 Å². The molecular formula is C17H18ClNO. The van der Waals surface area contributed by atoms with Crippen molar-refractivity contribution in [3.63, 3.8) is 0 Å². The largest absolute Gasteiger partial charge is 0.508 e. The third-order valence-corrected chi connectivity index (χ3v) is 4.12. The first-order valence-corrected chi connectivity index (χ1v) is 7.19. The van der Waals surface area contributed by atoms with E-state index in [4.69, 9.17) is 11.6 Å². The molecule has 1 unspecified atom stereocenters. The van der Waals surface area contributed by atoms with Crippen molar-refractivity contribution in [1.29, 1.82) is 0 Å². The Hall–Kier alpha value is -1.67. The van der Waals surface area contributed by atoms with Crippen LogP contribution in [-0.2, 0) is 0 Å². The van der Waals surface area contributed by atoms with Crippen LogP contribution >= 0.6 is 11.6 Å². The minimum atomic E-state index is -0.00883. The number of nitrogens with one attached hydrogen (secondary N) is 1. The molecule has 2 N–H and O–H groups in total. The summed E-state index contributed by atoms with van der Waals surface area (Å²) in [6.07, 6.45) is 1.01. The van der Waals surface area contributed by atoms with E-state index >= 15 is 0 Å². The van der Waals surface area contributed by atoms with Crippen LogP contribution in [0.2, 0.25) is 5.02 Å². The number of anilines is 1. The van der Waals surface area contributed by atoms with E-state index in [1.165, 1.54) is 11.1 Å². The first-order valence-electron chi connectivity index (χ1n) is 6.81. The Labute approximate surface area is 124 Å². The summed E-state index contributed by atoms with van der Waals surface area (Å²) in [4.78, 5) is 0. The van der Waals surface area contributed by atoms with Crippen molar-refractivity contribution >= 4 is 17.3 Å². The summed E-state index contributed by atoms with van der Waals surface area (Å²) in [6.45, 7) is 4.37. The molecule has 2 aromatic carbocycles. The van der Waals surface area contributed by atoms with Crippen molar-refractivity contribution in [3.05, 3.63) is 58.6 Å². The lowest BCUT2D eigenvalue weighted by atomic mass is 9.77. The predicted molar refractivity (Wildman–Crippen MR) is 83.7 cm³/mol. The molecule has 0 saturated heterocycles. The Morgan fingerprint density at radius 2 is 1.85 bits per heavy atom. The van der Waals surface area contributed by atoms with E-state index in [2.05, 4.69) is 31.3 Å². The van der Waals surface area contributed by atoms with Crippen molar-refractivity contribution in [3.8, 4) is 5.75 Å². The molecule has 1 aliphatic heterocycles. The second-order valence-electron chi connectivity index (χ2n) is 6.09. The molecule has 0 aliphatic carbocycles. The zero-order chi connectivity index (χ0) is 14.3. The number of aromatic hydroxyl groups is 1. The highest BCUT2D eigenvalue weighted by atomic mass is 35.5. The van der Waals surface area contributed by atoms with Crippen LogP contribution in [0.5, 0.6) is 5.75 Å². The van der Waals surface area contributed by atoms with Crippen LogP contribution in [0.3, 0.4) is 0 Å². The minimum Gasteiger partial charge on any atom is -0.508 e. The summed E-state index contributed by atoms with van der Waals surface area (Å²) in [5.74, 6) is 0.614. The summed E-state index contributed by atoms with van der Waals surface area (Å²) < 4.78 is 0. The molecule has 1 heterocycles. The number of halogens is 1. The number of fused-ring (bicyclic) bond motifs is 1. The molecule has 0 saturated carbocycles. The van der Waals surface area contributed by atoms with Crippen LogP contribution in [0.4, 0.5) is 5.69 Å². The molecule has 1 atom stereocenters. The zero-order valence-electron chi connectivity index (χ0n) is 11.7. The van der Waals surface area contributed by atoms with Crippen LogP contribution in [0, 0.1) is 0 Å². The molecule has 2 aromatic rings. The molecule has 0 bridgehead atoms. The van der Waals surface area contributed by atoms with Crippen LogP contribution in [0.15, 0.2) is 42.5 Å². The number of phenolic OH excluding ortho intramolecular Hbond substituents is 1. The normalized spacial score (nSPS) is 20.1. The second kappa shape index (κ2) is 4.71. The first kappa shape index (κ1) is 13.3. The van der Waals surface area contributed by atoms with Gasteiger partial charge in [-0.05, 0) is 49.6 Å². The van der Waals surface area contributed by atoms with E-state index in [0.717, 1.165) is 17.1 Å². The molecular weight excluding hydrogens is 270 g/mol. The lowest BCUT2D eigenvalue weighted by molar-refractivity contribution is 0.459. The summed E-state index contributed by atoms with van der Waals surface area (Å²) in [5.41, 5.74) is 3.49. The highest BCUT2D eigenvalue weighted by Crippen LogP contribution is 2.43. The molecule has 0 aromatic heterocycles. The van der Waals surface area contributed by atoms with Gasteiger partial charge in [-0.15, -0.1) is 0 Å². The van der Waals surface area contributed by atoms with Gasteiger partial charge in [0.25, 0.3) is 0 Å². The van der Waals surface area contributed by atoms with Gasteiger partial charge in [0.15, 0.2) is 0 Å².